The maximum atomic E-state index is 12.2. The number of hydrogen-bond donors (Lipinski definition) is 1. The van der Waals surface area contributed by atoms with E-state index in [-0.39, 0.29) is 16.1 Å². The number of pyridine rings is 1. The highest BCUT2D eigenvalue weighted by Gasteiger charge is 2.22. The van der Waals surface area contributed by atoms with Crippen LogP contribution in [0, 0.1) is 0 Å². The fourth-order valence-electron chi connectivity index (χ4n) is 2.11. The number of nitrogens with one attached hydrogen (secondary N) is 1. The first-order valence-electron chi connectivity index (χ1n) is 6.42. The van der Waals surface area contributed by atoms with E-state index in [2.05, 4.69) is 14.6 Å². The van der Waals surface area contributed by atoms with Crippen LogP contribution in [0.15, 0.2) is 23.2 Å². The predicted octanol–water partition coefficient (Wildman–Crippen LogP) is 0.734. The molecule has 0 saturated carbocycles. The first kappa shape index (κ1) is 15.7. The topological polar surface area (TPSA) is 71.5 Å². The molecule has 0 radical (unpaired) electrons. The molecule has 1 aromatic rings. The van der Waals surface area contributed by atoms with Gasteiger partial charge in [-0.2, -0.15) is 0 Å². The summed E-state index contributed by atoms with van der Waals surface area (Å²) in [6, 6.07) is 2.78. The van der Waals surface area contributed by atoms with Crippen molar-refractivity contribution in [2.24, 2.45) is 0 Å². The van der Waals surface area contributed by atoms with Crippen LogP contribution in [-0.2, 0) is 14.8 Å². The summed E-state index contributed by atoms with van der Waals surface area (Å²) >= 11 is 5.83. The third kappa shape index (κ3) is 4.13. The van der Waals surface area contributed by atoms with Gasteiger partial charge in [0.05, 0.1) is 13.2 Å². The van der Waals surface area contributed by atoms with Crippen molar-refractivity contribution in [3.63, 3.8) is 0 Å². The molecule has 6 nitrogen and oxygen atoms in total. The summed E-state index contributed by atoms with van der Waals surface area (Å²) in [5.74, 6) is 0. The summed E-state index contributed by atoms with van der Waals surface area (Å²) in [4.78, 5) is 5.97. The smallest absolute Gasteiger partial charge is 0.243 e. The van der Waals surface area contributed by atoms with Crippen LogP contribution < -0.4 is 4.72 Å². The second kappa shape index (κ2) is 6.82. The molecule has 1 atom stereocenters. The first-order valence-corrected chi connectivity index (χ1v) is 8.28. The Bertz CT molecular complexity index is 547. The number of aromatic nitrogens is 1. The Hall–Kier alpha value is -0.730. The van der Waals surface area contributed by atoms with Gasteiger partial charge in [0.1, 0.15) is 10.0 Å². The Kier molecular flexibility index (Phi) is 5.34. The van der Waals surface area contributed by atoms with Crippen LogP contribution >= 0.6 is 11.6 Å². The minimum atomic E-state index is -3.64. The van der Waals surface area contributed by atoms with Crippen LogP contribution in [0.2, 0.25) is 5.15 Å². The minimum Gasteiger partial charge on any atom is -0.379 e. The lowest BCUT2D eigenvalue weighted by atomic mass is 10.3. The highest BCUT2D eigenvalue weighted by atomic mass is 35.5. The molecule has 8 heteroatoms. The van der Waals surface area contributed by atoms with Gasteiger partial charge in [-0.25, -0.2) is 18.1 Å². The highest BCUT2D eigenvalue weighted by Crippen LogP contribution is 2.17. The van der Waals surface area contributed by atoms with Gasteiger partial charge in [0.25, 0.3) is 0 Å². The van der Waals surface area contributed by atoms with Crippen molar-refractivity contribution < 1.29 is 13.2 Å². The largest absolute Gasteiger partial charge is 0.379 e. The number of ether oxygens (including phenoxy) is 1. The second-order valence-corrected chi connectivity index (χ2v) is 6.77. The Morgan fingerprint density at radius 2 is 2.20 bits per heavy atom. The Morgan fingerprint density at radius 1 is 1.50 bits per heavy atom. The molecule has 0 spiro atoms. The molecule has 1 saturated heterocycles. The molecule has 0 aliphatic carbocycles. The number of rotatable bonds is 5. The van der Waals surface area contributed by atoms with Crippen molar-refractivity contribution in [2.45, 2.75) is 17.9 Å². The predicted molar refractivity (Wildman–Crippen MR) is 76.3 cm³/mol. The fourth-order valence-corrected chi connectivity index (χ4v) is 3.80. The molecule has 1 unspecified atom stereocenters. The van der Waals surface area contributed by atoms with Crippen molar-refractivity contribution in [3.05, 3.63) is 23.5 Å². The second-order valence-electron chi connectivity index (χ2n) is 4.73. The molecular formula is C12H18ClN3O3S. The fraction of sp³-hybridized carbons (Fsp3) is 0.583. The standard InChI is InChI=1S/C12H18ClN3O3S/c1-10(9-16-5-7-19-8-6-16)15-20(17,18)11-3-2-4-14-12(11)13/h2-4,10,15H,5-9H2,1H3. The molecule has 1 fully saturated rings. The Balaban J connectivity index is 1.99. The molecule has 1 N–H and O–H groups in total. The van der Waals surface area contributed by atoms with Crippen LogP contribution in [-0.4, -0.2) is 57.2 Å². The third-order valence-electron chi connectivity index (χ3n) is 3.01. The molecule has 1 aliphatic rings. The van der Waals surface area contributed by atoms with E-state index in [1.54, 1.807) is 6.07 Å². The minimum absolute atomic E-state index is 0.00972. The number of halogens is 1. The van der Waals surface area contributed by atoms with Gasteiger partial charge in [-0.15, -0.1) is 0 Å². The van der Waals surface area contributed by atoms with Crippen molar-refractivity contribution >= 4 is 21.6 Å². The molecule has 0 amide bonds. The van der Waals surface area contributed by atoms with E-state index in [0.717, 1.165) is 13.1 Å². The number of morpholine rings is 1. The molecule has 1 aliphatic heterocycles. The van der Waals surface area contributed by atoms with Crippen molar-refractivity contribution in [2.75, 3.05) is 32.8 Å². The third-order valence-corrected chi connectivity index (χ3v) is 5.04. The summed E-state index contributed by atoms with van der Waals surface area (Å²) in [6.07, 6.45) is 1.46. The van der Waals surface area contributed by atoms with E-state index >= 15 is 0 Å². The Morgan fingerprint density at radius 3 is 2.85 bits per heavy atom. The van der Waals surface area contributed by atoms with E-state index in [9.17, 15) is 8.42 Å². The van der Waals surface area contributed by atoms with Crippen LogP contribution in [0.5, 0.6) is 0 Å². The van der Waals surface area contributed by atoms with E-state index < -0.39 is 10.0 Å². The van der Waals surface area contributed by atoms with E-state index in [4.69, 9.17) is 16.3 Å². The molecular weight excluding hydrogens is 302 g/mol. The summed E-state index contributed by atoms with van der Waals surface area (Å²) in [7, 11) is -3.64. The summed E-state index contributed by atoms with van der Waals surface area (Å²) in [5.41, 5.74) is 0. The van der Waals surface area contributed by atoms with Gasteiger partial charge in [0, 0.05) is 31.9 Å². The lowest BCUT2D eigenvalue weighted by Gasteiger charge is -2.29. The number of sulfonamides is 1. The van der Waals surface area contributed by atoms with E-state index in [1.165, 1.54) is 12.3 Å². The van der Waals surface area contributed by atoms with Gasteiger partial charge in [-0.3, -0.25) is 4.90 Å². The van der Waals surface area contributed by atoms with Gasteiger partial charge >= 0.3 is 0 Å². The van der Waals surface area contributed by atoms with E-state index in [0.29, 0.717) is 19.8 Å². The summed E-state index contributed by atoms with van der Waals surface area (Å²) in [5, 5.41) is -0.0152. The quantitative estimate of drug-likeness (QED) is 0.810. The molecule has 112 valence electrons. The SMILES string of the molecule is CC(CN1CCOCC1)NS(=O)(=O)c1cccnc1Cl. The molecule has 20 heavy (non-hydrogen) atoms. The summed E-state index contributed by atoms with van der Waals surface area (Å²) < 4.78 is 32.3. The average molecular weight is 320 g/mol. The molecule has 1 aromatic heterocycles. The first-order chi connectivity index (χ1) is 9.49. The van der Waals surface area contributed by atoms with Crippen LogP contribution in [0.1, 0.15) is 6.92 Å². The lowest BCUT2D eigenvalue weighted by molar-refractivity contribution is 0.0354. The zero-order valence-electron chi connectivity index (χ0n) is 11.3. The normalized spacial score (nSPS) is 18.9. The van der Waals surface area contributed by atoms with Gasteiger partial charge in [0.2, 0.25) is 10.0 Å². The maximum absolute atomic E-state index is 12.2. The summed E-state index contributed by atoms with van der Waals surface area (Å²) in [6.45, 7) is 5.49. The number of hydrogen-bond acceptors (Lipinski definition) is 5. The number of nitrogens with zero attached hydrogens (tertiary/aromatic N) is 2. The molecule has 0 bridgehead atoms. The van der Waals surface area contributed by atoms with Crippen molar-refractivity contribution in [1.82, 2.24) is 14.6 Å². The van der Waals surface area contributed by atoms with Gasteiger partial charge in [-0.05, 0) is 19.1 Å². The van der Waals surface area contributed by atoms with Crippen LogP contribution in [0.4, 0.5) is 0 Å². The van der Waals surface area contributed by atoms with Crippen LogP contribution in [0.25, 0.3) is 0 Å². The van der Waals surface area contributed by atoms with Crippen molar-refractivity contribution in [3.8, 4) is 0 Å². The maximum Gasteiger partial charge on any atom is 0.243 e. The van der Waals surface area contributed by atoms with E-state index in [1.807, 2.05) is 6.92 Å². The zero-order valence-corrected chi connectivity index (χ0v) is 12.8. The van der Waals surface area contributed by atoms with Gasteiger partial charge in [0.15, 0.2) is 0 Å². The van der Waals surface area contributed by atoms with Gasteiger partial charge < -0.3 is 4.74 Å². The monoisotopic (exact) mass is 319 g/mol. The molecule has 2 heterocycles. The zero-order chi connectivity index (χ0) is 14.6. The molecule has 0 aromatic carbocycles. The average Bonchev–Trinajstić information content (AvgIpc) is 2.39. The highest BCUT2D eigenvalue weighted by molar-refractivity contribution is 7.89. The lowest BCUT2D eigenvalue weighted by Crippen LogP contribution is -2.45. The van der Waals surface area contributed by atoms with Gasteiger partial charge in [-0.1, -0.05) is 11.6 Å². The Labute approximate surface area is 124 Å². The van der Waals surface area contributed by atoms with Crippen molar-refractivity contribution in [1.29, 1.82) is 0 Å². The molecule has 2 rings (SSSR count). The van der Waals surface area contributed by atoms with Crippen LogP contribution in [0.3, 0.4) is 0 Å².